The van der Waals surface area contributed by atoms with Crippen molar-refractivity contribution in [3.63, 3.8) is 0 Å². The zero-order valence-corrected chi connectivity index (χ0v) is 19.0. The first-order chi connectivity index (χ1) is 14.6. The van der Waals surface area contributed by atoms with Gasteiger partial charge >= 0.3 is 5.97 Å². The summed E-state index contributed by atoms with van der Waals surface area (Å²) in [6, 6.07) is 4.21. The molecule has 1 unspecified atom stereocenters. The van der Waals surface area contributed by atoms with Crippen LogP contribution in [0.15, 0.2) is 45.7 Å². The molecule has 0 saturated carbocycles. The number of aliphatic imine (C=N–C) groups is 1. The quantitative estimate of drug-likeness (QED) is 0.387. The fourth-order valence-electron chi connectivity index (χ4n) is 3.81. The van der Waals surface area contributed by atoms with Gasteiger partial charge in [0.25, 0.3) is 5.69 Å². The predicted molar refractivity (Wildman–Crippen MR) is 118 cm³/mol. The van der Waals surface area contributed by atoms with E-state index in [1.165, 1.54) is 18.2 Å². The molecule has 9 heteroatoms. The Labute approximate surface area is 186 Å². The Morgan fingerprint density at radius 3 is 2.68 bits per heavy atom. The highest BCUT2D eigenvalue weighted by molar-refractivity contribution is 6.31. The van der Waals surface area contributed by atoms with E-state index in [-0.39, 0.29) is 12.3 Å². The van der Waals surface area contributed by atoms with Gasteiger partial charge in [-0.2, -0.15) is 0 Å². The topological polar surface area (TPSA) is 103 Å². The number of carbonyl (C=O) groups excluding carboxylic acids is 1. The second kappa shape index (κ2) is 8.70. The first-order valence-corrected chi connectivity index (χ1v) is 10.5. The van der Waals surface area contributed by atoms with Gasteiger partial charge in [-0.15, -0.1) is 0 Å². The molecule has 1 aromatic rings. The third-order valence-electron chi connectivity index (χ3n) is 5.19. The van der Waals surface area contributed by atoms with E-state index in [4.69, 9.17) is 26.1 Å². The van der Waals surface area contributed by atoms with Crippen LogP contribution in [0.4, 0.5) is 5.69 Å². The predicted octanol–water partition coefficient (Wildman–Crippen LogP) is 4.64. The second-order valence-electron chi connectivity index (χ2n) is 8.04. The smallest absolute Gasteiger partial charge is 0.336 e. The highest BCUT2D eigenvalue weighted by Gasteiger charge is 2.41. The number of allylic oxidation sites excluding steroid dienone is 2. The molecule has 0 aromatic heterocycles. The average Bonchev–Trinajstić information content (AvgIpc) is 3.06. The molecule has 0 fully saturated rings. The number of carbonyl (C=O) groups is 1. The number of nitrogens with one attached hydrogen (secondary N) is 1. The van der Waals surface area contributed by atoms with Gasteiger partial charge in [0.05, 0.1) is 28.6 Å². The number of hydrogen-bond donors (Lipinski definition) is 1. The van der Waals surface area contributed by atoms with E-state index in [1.54, 1.807) is 13.8 Å². The Bertz CT molecular complexity index is 1030. The lowest BCUT2D eigenvalue weighted by atomic mass is 9.79. The van der Waals surface area contributed by atoms with Gasteiger partial charge in [-0.3, -0.25) is 10.1 Å². The minimum absolute atomic E-state index is 0.120. The van der Waals surface area contributed by atoms with Crippen molar-refractivity contribution in [3.8, 4) is 0 Å². The lowest BCUT2D eigenvalue weighted by molar-refractivity contribution is -0.384. The van der Waals surface area contributed by atoms with Gasteiger partial charge in [0.2, 0.25) is 5.90 Å². The van der Waals surface area contributed by atoms with E-state index >= 15 is 0 Å². The van der Waals surface area contributed by atoms with Crippen LogP contribution in [-0.4, -0.2) is 35.5 Å². The molecule has 0 aliphatic carbocycles. The first-order valence-electron chi connectivity index (χ1n) is 10.1. The lowest BCUT2D eigenvalue weighted by Crippen LogP contribution is -2.33. The maximum absolute atomic E-state index is 13.0. The summed E-state index contributed by atoms with van der Waals surface area (Å²) in [5, 5.41) is 15.0. The van der Waals surface area contributed by atoms with Gasteiger partial charge < -0.3 is 14.8 Å². The van der Waals surface area contributed by atoms with Gasteiger partial charge in [0.1, 0.15) is 6.61 Å². The molecule has 8 nitrogen and oxygen atoms in total. The molecule has 0 bridgehead atoms. The van der Waals surface area contributed by atoms with E-state index in [0.29, 0.717) is 46.4 Å². The molecule has 3 rings (SSSR count). The Morgan fingerprint density at radius 1 is 1.42 bits per heavy atom. The Hall–Kier alpha value is -2.87. The van der Waals surface area contributed by atoms with Crippen molar-refractivity contribution in [3.05, 3.63) is 61.4 Å². The summed E-state index contributed by atoms with van der Waals surface area (Å²) in [6.07, 6.45) is 0.606. The summed E-state index contributed by atoms with van der Waals surface area (Å²) >= 11 is 6.53. The molecule has 0 radical (unpaired) electrons. The van der Waals surface area contributed by atoms with E-state index in [2.05, 4.69) is 5.32 Å². The molecule has 2 heterocycles. The fraction of sp³-hybridized carbons (Fsp3) is 0.455. The van der Waals surface area contributed by atoms with Crippen molar-refractivity contribution < 1.29 is 19.2 Å². The minimum Gasteiger partial charge on any atom is -0.475 e. The van der Waals surface area contributed by atoms with Gasteiger partial charge in [-0.05, 0) is 45.7 Å². The third-order valence-corrected chi connectivity index (χ3v) is 5.54. The van der Waals surface area contributed by atoms with Crippen LogP contribution in [0.3, 0.4) is 0 Å². The largest absolute Gasteiger partial charge is 0.475 e. The van der Waals surface area contributed by atoms with Crippen molar-refractivity contribution in [1.29, 1.82) is 0 Å². The summed E-state index contributed by atoms with van der Waals surface area (Å²) in [6.45, 7) is 9.94. The number of ether oxygens (including phenoxy) is 2. The van der Waals surface area contributed by atoms with Crippen LogP contribution in [0.25, 0.3) is 0 Å². The molecule has 31 heavy (non-hydrogen) atoms. The van der Waals surface area contributed by atoms with Crippen molar-refractivity contribution >= 4 is 29.2 Å². The summed E-state index contributed by atoms with van der Waals surface area (Å²) in [5.41, 5.74) is 2.26. The molecule has 2 aliphatic heterocycles. The van der Waals surface area contributed by atoms with Gasteiger partial charge in [0, 0.05) is 34.1 Å². The fourth-order valence-corrected chi connectivity index (χ4v) is 4.03. The van der Waals surface area contributed by atoms with Crippen LogP contribution in [0, 0.1) is 10.1 Å². The summed E-state index contributed by atoms with van der Waals surface area (Å²) < 4.78 is 11.3. The number of dihydropyridines is 1. The highest BCUT2D eigenvalue weighted by atomic mass is 35.5. The molecule has 0 saturated heterocycles. The minimum atomic E-state index is -0.727. The summed E-state index contributed by atoms with van der Waals surface area (Å²) in [4.78, 5) is 28.7. The van der Waals surface area contributed by atoms with Crippen molar-refractivity contribution in [2.75, 3.05) is 13.2 Å². The van der Waals surface area contributed by atoms with E-state index in [1.807, 2.05) is 20.8 Å². The van der Waals surface area contributed by atoms with Gasteiger partial charge in [-0.25, -0.2) is 9.79 Å². The van der Waals surface area contributed by atoms with E-state index < -0.39 is 22.3 Å². The Kier molecular flexibility index (Phi) is 6.40. The Morgan fingerprint density at radius 2 is 2.13 bits per heavy atom. The monoisotopic (exact) mass is 447 g/mol. The number of esters is 1. The number of hydrogen-bond acceptors (Lipinski definition) is 7. The van der Waals surface area contributed by atoms with Crippen LogP contribution in [0.1, 0.15) is 52.5 Å². The molecule has 1 aromatic carbocycles. The van der Waals surface area contributed by atoms with Gasteiger partial charge in [0.15, 0.2) is 0 Å². The number of nitrogens with zero attached hydrogens (tertiary/aromatic N) is 2. The molecule has 1 atom stereocenters. The molecule has 166 valence electrons. The van der Waals surface area contributed by atoms with Crippen molar-refractivity contribution in [2.45, 2.75) is 52.5 Å². The summed E-state index contributed by atoms with van der Waals surface area (Å²) in [5.74, 6) is -0.850. The molecule has 1 N–H and O–H groups in total. The number of nitro benzene ring substituents is 1. The van der Waals surface area contributed by atoms with Crippen LogP contribution < -0.4 is 5.32 Å². The highest BCUT2D eigenvalue weighted by Crippen LogP contribution is 2.44. The maximum atomic E-state index is 13.0. The van der Waals surface area contributed by atoms with Crippen LogP contribution in [0.2, 0.25) is 5.02 Å². The van der Waals surface area contributed by atoms with Crippen LogP contribution in [-0.2, 0) is 14.3 Å². The third kappa shape index (κ3) is 4.44. The Balaban J connectivity index is 2.30. The molecular formula is C22H26ClN3O5. The average molecular weight is 448 g/mol. The SMILES string of the molecule is CCOC(=O)C1=C(C)NC(CC)=C(C2=NC(C)(C)CO2)C1c1cc([N+](=O)[O-])ccc1Cl. The number of non-ortho nitro benzene ring substituents is 1. The van der Waals surface area contributed by atoms with Crippen LogP contribution in [0.5, 0.6) is 0 Å². The molecular weight excluding hydrogens is 422 g/mol. The normalized spacial score (nSPS) is 20.2. The molecule has 2 aliphatic rings. The second-order valence-corrected chi connectivity index (χ2v) is 8.45. The zero-order chi connectivity index (χ0) is 22.9. The summed E-state index contributed by atoms with van der Waals surface area (Å²) in [7, 11) is 0. The van der Waals surface area contributed by atoms with E-state index in [9.17, 15) is 14.9 Å². The standard InChI is InChI=1S/C22H26ClN3O5/c1-6-16-19(20-25-22(4,5)11-31-20)18(17(12(3)24-16)21(27)30-7-2)14-10-13(26(28)29)8-9-15(14)23/h8-10,18,24H,6-7,11H2,1-5H3. The number of benzene rings is 1. The van der Waals surface area contributed by atoms with Crippen molar-refractivity contribution in [2.24, 2.45) is 4.99 Å². The molecule has 0 spiro atoms. The number of rotatable bonds is 6. The van der Waals surface area contributed by atoms with Crippen molar-refractivity contribution in [1.82, 2.24) is 5.32 Å². The number of halogens is 1. The van der Waals surface area contributed by atoms with Gasteiger partial charge in [-0.1, -0.05) is 18.5 Å². The molecule has 0 amide bonds. The van der Waals surface area contributed by atoms with E-state index in [0.717, 1.165) is 5.70 Å². The maximum Gasteiger partial charge on any atom is 0.336 e. The zero-order valence-electron chi connectivity index (χ0n) is 18.2. The van der Waals surface area contributed by atoms with Crippen LogP contribution >= 0.6 is 11.6 Å². The number of nitro groups is 1. The first kappa shape index (κ1) is 22.8. The lowest BCUT2D eigenvalue weighted by Gasteiger charge is -2.32.